The third-order valence-electron chi connectivity index (χ3n) is 4.20. The lowest BCUT2D eigenvalue weighted by Crippen LogP contribution is -2.14. The first-order valence-electron chi connectivity index (χ1n) is 8.70. The number of esters is 1. The molecule has 0 aliphatic rings. The number of rotatable bonds is 7. The van der Waals surface area contributed by atoms with Crippen molar-refractivity contribution in [2.45, 2.75) is 26.1 Å². The molecule has 3 aromatic rings. The molecule has 0 spiro atoms. The van der Waals surface area contributed by atoms with Gasteiger partial charge in [-0.05, 0) is 24.1 Å². The van der Waals surface area contributed by atoms with Crippen LogP contribution < -0.4 is 4.74 Å². The second-order valence-corrected chi connectivity index (χ2v) is 6.13. The third kappa shape index (κ3) is 4.73. The maximum atomic E-state index is 12.5. The zero-order chi connectivity index (χ0) is 18.2. The van der Waals surface area contributed by atoms with Gasteiger partial charge < -0.3 is 9.47 Å². The molecule has 0 saturated heterocycles. The van der Waals surface area contributed by atoms with Gasteiger partial charge in [0.05, 0.1) is 5.92 Å². The van der Waals surface area contributed by atoms with Crippen molar-refractivity contribution >= 4 is 5.97 Å². The van der Waals surface area contributed by atoms with E-state index in [4.69, 9.17) is 9.47 Å². The Morgan fingerprint density at radius 3 is 1.96 bits per heavy atom. The Labute approximate surface area is 154 Å². The molecule has 0 aliphatic heterocycles. The van der Waals surface area contributed by atoms with E-state index in [1.807, 2.05) is 91.9 Å². The molecule has 0 bridgehead atoms. The molecule has 3 nitrogen and oxygen atoms in total. The fourth-order valence-electron chi connectivity index (χ4n) is 2.69. The monoisotopic (exact) mass is 346 g/mol. The maximum Gasteiger partial charge on any atom is 0.313 e. The van der Waals surface area contributed by atoms with E-state index < -0.39 is 5.92 Å². The molecule has 0 radical (unpaired) electrons. The van der Waals surface area contributed by atoms with Crippen LogP contribution in [-0.2, 0) is 22.7 Å². The van der Waals surface area contributed by atoms with E-state index in [1.54, 1.807) is 0 Å². The quantitative estimate of drug-likeness (QED) is 0.558. The molecule has 26 heavy (non-hydrogen) atoms. The van der Waals surface area contributed by atoms with Gasteiger partial charge in [-0.15, -0.1) is 0 Å². The number of benzene rings is 3. The van der Waals surface area contributed by atoms with Crippen LogP contribution in [0.25, 0.3) is 0 Å². The van der Waals surface area contributed by atoms with Gasteiger partial charge in [-0.2, -0.15) is 0 Å². The smallest absolute Gasteiger partial charge is 0.313 e. The third-order valence-corrected chi connectivity index (χ3v) is 4.20. The second-order valence-electron chi connectivity index (χ2n) is 6.13. The van der Waals surface area contributed by atoms with Crippen LogP contribution in [0, 0.1) is 0 Å². The van der Waals surface area contributed by atoms with Crippen LogP contribution >= 0.6 is 0 Å². The molecule has 0 saturated carbocycles. The molecule has 0 N–H and O–H groups in total. The summed E-state index contributed by atoms with van der Waals surface area (Å²) >= 11 is 0. The van der Waals surface area contributed by atoms with Gasteiger partial charge in [-0.3, -0.25) is 4.79 Å². The highest BCUT2D eigenvalue weighted by molar-refractivity contribution is 5.78. The van der Waals surface area contributed by atoms with Gasteiger partial charge in [0.15, 0.2) is 0 Å². The normalized spacial score (nSPS) is 11.6. The molecule has 1 atom stereocenters. The molecule has 0 fully saturated rings. The number of hydrogen-bond acceptors (Lipinski definition) is 3. The highest BCUT2D eigenvalue weighted by atomic mass is 16.5. The number of hydrogen-bond donors (Lipinski definition) is 0. The van der Waals surface area contributed by atoms with Crippen LogP contribution in [0.15, 0.2) is 84.9 Å². The number of carbonyl (C=O) groups is 1. The maximum absolute atomic E-state index is 12.5. The van der Waals surface area contributed by atoms with E-state index in [-0.39, 0.29) is 12.6 Å². The van der Waals surface area contributed by atoms with Crippen LogP contribution in [-0.4, -0.2) is 5.97 Å². The van der Waals surface area contributed by atoms with E-state index >= 15 is 0 Å². The minimum atomic E-state index is -0.398. The van der Waals surface area contributed by atoms with E-state index in [9.17, 15) is 4.79 Å². The molecule has 3 aromatic carbocycles. The van der Waals surface area contributed by atoms with E-state index in [0.29, 0.717) is 12.4 Å². The van der Waals surface area contributed by atoms with Crippen molar-refractivity contribution in [3.63, 3.8) is 0 Å². The van der Waals surface area contributed by atoms with Gasteiger partial charge >= 0.3 is 5.97 Å². The van der Waals surface area contributed by atoms with Gasteiger partial charge in [0.1, 0.15) is 19.0 Å². The Kier molecular flexibility index (Phi) is 6.05. The van der Waals surface area contributed by atoms with Crippen molar-refractivity contribution in [1.29, 1.82) is 0 Å². The Morgan fingerprint density at radius 1 is 0.769 bits per heavy atom. The van der Waals surface area contributed by atoms with Crippen LogP contribution in [0.4, 0.5) is 0 Å². The summed E-state index contributed by atoms with van der Waals surface area (Å²) in [7, 11) is 0. The minimum absolute atomic E-state index is 0.260. The molecule has 132 valence electrons. The summed E-state index contributed by atoms with van der Waals surface area (Å²) in [5.41, 5.74) is 2.89. The average molecular weight is 346 g/mol. The fourth-order valence-corrected chi connectivity index (χ4v) is 2.69. The lowest BCUT2D eigenvalue weighted by Gasteiger charge is -2.16. The summed E-state index contributed by atoms with van der Waals surface area (Å²) in [5.74, 6) is 0.0517. The minimum Gasteiger partial charge on any atom is -0.489 e. The SMILES string of the molecule is CC(C(=O)OCc1ccccc1)c1ccccc1OCc1ccccc1. The summed E-state index contributed by atoms with van der Waals surface area (Å²) < 4.78 is 11.4. The van der Waals surface area contributed by atoms with Crippen LogP contribution in [0.3, 0.4) is 0 Å². The zero-order valence-corrected chi connectivity index (χ0v) is 14.8. The fraction of sp³-hybridized carbons (Fsp3) is 0.174. The Balaban J connectivity index is 1.64. The van der Waals surface area contributed by atoms with Crippen LogP contribution in [0.2, 0.25) is 0 Å². The molecular weight excluding hydrogens is 324 g/mol. The molecule has 0 heterocycles. The van der Waals surface area contributed by atoms with Crippen molar-refractivity contribution in [2.24, 2.45) is 0 Å². The summed E-state index contributed by atoms with van der Waals surface area (Å²) in [6, 6.07) is 27.3. The summed E-state index contributed by atoms with van der Waals surface area (Å²) in [6.07, 6.45) is 0. The molecule has 1 unspecified atom stereocenters. The van der Waals surface area contributed by atoms with Crippen LogP contribution in [0.1, 0.15) is 29.5 Å². The predicted molar refractivity (Wildman–Crippen MR) is 102 cm³/mol. The zero-order valence-electron chi connectivity index (χ0n) is 14.8. The van der Waals surface area contributed by atoms with Crippen molar-refractivity contribution in [1.82, 2.24) is 0 Å². The van der Waals surface area contributed by atoms with Crippen molar-refractivity contribution in [2.75, 3.05) is 0 Å². The average Bonchev–Trinajstić information content (AvgIpc) is 2.71. The first-order chi connectivity index (χ1) is 12.7. The lowest BCUT2D eigenvalue weighted by atomic mass is 10.0. The Morgan fingerprint density at radius 2 is 1.31 bits per heavy atom. The highest BCUT2D eigenvalue weighted by Crippen LogP contribution is 2.28. The van der Waals surface area contributed by atoms with Gasteiger partial charge in [-0.25, -0.2) is 0 Å². The Hall–Kier alpha value is -3.07. The highest BCUT2D eigenvalue weighted by Gasteiger charge is 2.20. The summed E-state index contributed by atoms with van der Waals surface area (Å²) in [6.45, 7) is 2.58. The van der Waals surface area contributed by atoms with Gasteiger partial charge in [0.25, 0.3) is 0 Å². The lowest BCUT2D eigenvalue weighted by molar-refractivity contribution is -0.146. The first-order valence-corrected chi connectivity index (χ1v) is 8.70. The number of carbonyl (C=O) groups excluding carboxylic acids is 1. The van der Waals surface area contributed by atoms with Crippen LogP contribution in [0.5, 0.6) is 5.75 Å². The Bertz CT molecular complexity index is 828. The topological polar surface area (TPSA) is 35.5 Å². The molecule has 0 amide bonds. The number of ether oxygens (including phenoxy) is 2. The van der Waals surface area contributed by atoms with Crippen molar-refractivity contribution in [3.8, 4) is 5.75 Å². The first kappa shape index (κ1) is 17.7. The van der Waals surface area contributed by atoms with E-state index in [1.165, 1.54) is 0 Å². The van der Waals surface area contributed by atoms with E-state index in [2.05, 4.69) is 0 Å². The largest absolute Gasteiger partial charge is 0.489 e. The van der Waals surface area contributed by atoms with Gasteiger partial charge in [0, 0.05) is 5.56 Å². The predicted octanol–water partition coefficient (Wildman–Crippen LogP) is 5.11. The van der Waals surface area contributed by atoms with Crippen molar-refractivity contribution in [3.05, 3.63) is 102 Å². The molecular formula is C23H22O3. The van der Waals surface area contributed by atoms with Gasteiger partial charge in [-0.1, -0.05) is 78.9 Å². The van der Waals surface area contributed by atoms with E-state index in [0.717, 1.165) is 16.7 Å². The van der Waals surface area contributed by atoms with Gasteiger partial charge in [0.2, 0.25) is 0 Å². The molecule has 0 aliphatic carbocycles. The second kappa shape index (κ2) is 8.86. The standard InChI is InChI=1S/C23H22O3/c1-18(23(24)26-17-20-12-6-3-7-13-20)21-14-8-9-15-22(21)25-16-19-10-4-2-5-11-19/h2-15,18H,16-17H2,1H3. The molecule has 3 rings (SSSR count). The summed E-state index contributed by atoms with van der Waals surface area (Å²) in [5, 5.41) is 0. The molecule has 0 aromatic heterocycles. The van der Waals surface area contributed by atoms with Crippen molar-refractivity contribution < 1.29 is 14.3 Å². The number of para-hydroxylation sites is 1. The molecule has 3 heteroatoms. The summed E-state index contributed by atoms with van der Waals surface area (Å²) in [4.78, 5) is 12.5.